The van der Waals surface area contributed by atoms with Gasteiger partial charge in [-0.05, 0) is 17.9 Å². The Morgan fingerprint density at radius 3 is 2.60 bits per heavy atom. The third-order valence-electron chi connectivity index (χ3n) is 3.44. The van der Waals surface area contributed by atoms with Gasteiger partial charge in [-0.1, -0.05) is 43.7 Å². The Balaban J connectivity index is 2.34. The fourth-order valence-electron chi connectivity index (χ4n) is 2.46. The molecule has 1 fully saturated rings. The van der Waals surface area contributed by atoms with E-state index in [9.17, 15) is 4.79 Å². The van der Waals surface area contributed by atoms with Gasteiger partial charge in [-0.2, -0.15) is 0 Å². The van der Waals surface area contributed by atoms with E-state index in [0.29, 0.717) is 5.92 Å². The molecule has 80 valence electrons. The molecular weight excluding hydrogens is 188 g/mol. The van der Waals surface area contributed by atoms with Gasteiger partial charge in [0.2, 0.25) is 0 Å². The molecule has 2 rings (SSSR count). The van der Waals surface area contributed by atoms with Gasteiger partial charge in [-0.3, -0.25) is 4.79 Å². The van der Waals surface area contributed by atoms with Crippen molar-refractivity contribution in [3.63, 3.8) is 0 Å². The Labute approximate surface area is 90.3 Å². The van der Waals surface area contributed by atoms with Crippen LogP contribution in [-0.2, 0) is 14.9 Å². The highest BCUT2D eigenvalue weighted by molar-refractivity contribution is 5.87. The summed E-state index contributed by atoms with van der Waals surface area (Å²) in [5, 5.41) is 0. The van der Waals surface area contributed by atoms with Crippen LogP contribution in [0.15, 0.2) is 30.3 Å². The van der Waals surface area contributed by atoms with Crippen LogP contribution in [0.3, 0.4) is 0 Å². The number of hydrogen-bond donors (Lipinski definition) is 0. The molecule has 0 radical (unpaired) electrons. The molecule has 1 aromatic rings. The SMILES string of the molecule is CC[C@@H]1C[C@]1(C(=O)OC)c1ccccc1. The van der Waals surface area contributed by atoms with Crippen molar-refractivity contribution in [3.05, 3.63) is 35.9 Å². The summed E-state index contributed by atoms with van der Waals surface area (Å²) in [6.45, 7) is 2.12. The molecular formula is C13H16O2. The van der Waals surface area contributed by atoms with E-state index in [0.717, 1.165) is 18.4 Å². The predicted octanol–water partition coefficient (Wildman–Crippen LogP) is 2.53. The Bertz CT molecular complexity index is 358. The lowest BCUT2D eigenvalue weighted by Gasteiger charge is -2.14. The Hall–Kier alpha value is -1.31. The first kappa shape index (κ1) is 10.2. The second-order valence-electron chi connectivity index (χ2n) is 4.14. The maximum atomic E-state index is 11.8. The summed E-state index contributed by atoms with van der Waals surface area (Å²) in [6.07, 6.45) is 1.96. The Morgan fingerprint density at radius 1 is 1.47 bits per heavy atom. The first-order valence-corrected chi connectivity index (χ1v) is 5.39. The summed E-state index contributed by atoms with van der Waals surface area (Å²) in [7, 11) is 1.47. The first-order valence-electron chi connectivity index (χ1n) is 5.39. The number of ether oxygens (including phenoxy) is 1. The number of hydrogen-bond acceptors (Lipinski definition) is 2. The van der Waals surface area contributed by atoms with E-state index < -0.39 is 0 Å². The zero-order valence-electron chi connectivity index (χ0n) is 9.19. The number of rotatable bonds is 3. The van der Waals surface area contributed by atoms with Gasteiger partial charge in [0, 0.05) is 0 Å². The minimum atomic E-state index is -0.342. The molecule has 0 amide bonds. The van der Waals surface area contributed by atoms with Gasteiger partial charge in [0.1, 0.15) is 0 Å². The largest absolute Gasteiger partial charge is 0.468 e. The number of benzene rings is 1. The molecule has 0 aromatic heterocycles. The molecule has 0 N–H and O–H groups in total. The van der Waals surface area contributed by atoms with Crippen LogP contribution in [0, 0.1) is 5.92 Å². The normalized spacial score (nSPS) is 28.5. The number of carbonyl (C=O) groups is 1. The average molecular weight is 204 g/mol. The fourth-order valence-corrected chi connectivity index (χ4v) is 2.46. The molecule has 0 spiro atoms. The predicted molar refractivity (Wildman–Crippen MR) is 58.5 cm³/mol. The molecule has 0 heterocycles. The van der Waals surface area contributed by atoms with Gasteiger partial charge in [0.05, 0.1) is 12.5 Å². The number of esters is 1. The van der Waals surface area contributed by atoms with Crippen LogP contribution in [0.5, 0.6) is 0 Å². The van der Waals surface area contributed by atoms with E-state index in [1.807, 2.05) is 30.3 Å². The maximum Gasteiger partial charge on any atom is 0.316 e. The molecule has 0 aliphatic heterocycles. The van der Waals surface area contributed by atoms with Crippen LogP contribution in [0.1, 0.15) is 25.3 Å². The topological polar surface area (TPSA) is 26.3 Å². The summed E-state index contributed by atoms with van der Waals surface area (Å²) in [5.74, 6) is 0.368. The fraction of sp³-hybridized carbons (Fsp3) is 0.462. The van der Waals surface area contributed by atoms with Crippen molar-refractivity contribution in [1.29, 1.82) is 0 Å². The van der Waals surface area contributed by atoms with Crippen LogP contribution in [0.2, 0.25) is 0 Å². The van der Waals surface area contributed by atoms with Gasteiger partial charge >= 0.3 is 5.97 Å². The summed E-state index contributed by atoms with van der Waals surface area (Å²) in [4.78, 5) is 11.8. The van der Waals surface area contributed by atoms with E-state index in [1.165, 1.54) is 7.11 Å². The van der Waals surface area contributed by atoms with Crippen molar-refractivity contribution >= 4 is 5.97 Å². The smallest absolute Gasteiger partial charge is 0.316 e. The molecule has 0 unspecified atom stereocenters. The van der Waals surface area contributed by atoms with Gasteiger partial charge < -0.3 is 4.74 Å². The molecule has 15 heavy (non-hydrogen) atoms. The van der Waals surface area contributed by atoms with Crippen LogP contribution >= 0.6 is 0 Å². The molecule has 1 aromatic carbocycles. The van der Waals surface area contributed by atoms with Gasteiger partial charge in [0.15, 0.2) is 0 Å². The summed E-state index contributed by atoms with van der Waals surface area (Å²) >= 11 is 0. The van der Waals surface area contributed by atoms with Crippen LogP contribution in [0.4, 0.5) is 0 Å². The minimum Gasteiger partial charge on any atom is -0.468 e. The summed E-state index contributed by atoms with van der Waals surface area (Å²) < 4.78 is 4.93. The summed E-state index contributed by atoms with van der Waals surface area (Å²) in [6, 6.07) is 9.97. The monoisotopic (exact) mass is 204 g/mol. The average Bonchev–Trinajstić information content (AvgIpc) is 3.05. The molecule has 0 saturated heterocycles. The second-order valence-corrected chi connectivity index (χ2v) is 4.14. The highest BCUT2D eigenvalue weighted by atomic mass is 16.5. The third-order valence-corrected chi connectivity index (χ3v) is 3.44. The van der Waals surface area contributed by atoms with Gasteiger partial charge in [0.25, 0.3) is 0 Å². The van der Waals surface area contributed by atoms with Crippen LogP contribution < -0.4 is 0 Å². The standard InChI is InChI=1S/C13H16O2/c1-3-10-9-13(10,12(14)15-2)11-7-5-4-6-8-11/h4-8,10H,3,9H2,1-2H3/t10-,13-/m1/s1. The molecule has 2 nitrogen and oxygen atoms in total. The van der Waals surface area contributed by atoms with Crippen LogP contribution in [-0.4, -0.2) is 13.1 Å². The van der Waals surface area contributed by atoms with Crippen molar-refractivity contribution in [3.8, 4) is 0 Å². The third kappa shape index (κ3) is 1.44. The van der Waals surface area contributed by atoms with Crippen molar-refractivity contribution in [1.82, 2.24) is 0 Å². The van der Waals surface area contributed by atoms with Crippen molar-refractivity contribution in [2.24, 2.45) is 5.92 Å². The van der Waals surface area contributed by atoms with Crippen molar-refractivity contribution in [2.75, 3.05) is 7.11 Å². The lowest BCUT2D eigenvalue weighted by Crippen LogP contribution is -2.24. The van der Waals surface area contributed by atoms with Gasteiger partial charge in [-0.15, -0.1) is 0 Å². The lowest BCUT2D eigenvalue weighted by atomic mass is 9.92. The molecule has 2 heteroatoms. The zero-order valence-corrected chi connectivity index (χ0v) is 9.19. The molecule has 1 aliphatic rings. The van der Waals surface area contributed by atoms with Crippen molar-refractivity contribution < 1.29 is 9.53 Å². The van der Waals surface area contributed by atoms with E-state index in [-0.39, 0.29) is 11.4 Å². The minimum absolute atomic E-state index is 0.0828. The first-order chi connectivity index (χ1) is 7.25. The highest BCUT2D eigenvalue weighted by Crippen LogP contribution is 2.56. The highest BCUT2D eigenvalue weighted by Gasteiger charge is 2.60. The van der Waals surface area contributed by atoms with E-state index >= 15 is 0 Å². The quantitative estimate of drug-likeness (QED) is 0.707. The molecule has 2 atom stereocenters. The second kappa shape index (κ2) is 3.69. The molecule has 1 aliphatic carbocycles. The number of methoxy groups -OCH3 is 1. The zero-order chi connectivity index (χ0) is 10.9. The maximum absolute atomic E-state index is 11.8. The van der Waals surface area contributed by atoms with Gasteiger partial charge in [-0.25, -0.2) is 0 Å². The number of carbonyl (C=O) groups excluding carboxylic acids is 1. The Kier molecular flexibility index (Phi) is 2.51. The van der Waals surface area contributed by atoms with Crippen molar-refractivity contribution in [2.45, 2.75) is 25.2 Å². The van der Waals surface area contributed by atoms with E-state index in [4.69, 9.17) is 4.74 Å². The van der Waals surface area contributed by atoms with E-state index in [2.05, 4.69) is 6.92 Å². The Morgan fingerprint density at radius 2 is 2.13 bits per heavy atom. The summed E-state index contributed by atoms with van der Waals surface area (Å²) in [5.41, 5.74) is 0.758. The lowest BCUT2D eigenvalue weighted by molar-refractivity contribution is -0.144. The van der Waals surface area contributed by atoms with Crippen LogP contribution in [0.25, 0.3) is 0 Å². The molecule has 1 saturated carbocycles. The van der Waals surface area contributed by atoms with E-state index in [1.54, 1.807) is 0 Å². The molecule has 0 bridgehead atoms.